The molecule has 1 saturated heterocycles. The van der Waals surface area contributed by atoms with Gasteiger partial charge in [-0.2, -0.15) is 0 Å². The Hall–Kier alpha value is -2.78. The van der Waals surface area contributed by atoms with E-state index in [1.165, 1.54) is 11.8 Å². The Bertz CT molecular complexity index is 1010. The van der Waals surface area contributed by atoms with E-state index in [0.717, 1.165) is 48.0 Å². The van der Waals surface area contributed by atoms with Crippen molar-refractivity contribution in [3.63, 3.8) is 0 Å². The Kier molecular flexibility index (Phi) is 6.93. The molecule has 1 atom stereocenters. The number of furan rings is 1. The minimum absolute atomic E-state index is 0.109. The van der Waals surface area contributed by atoms with Crippen LogP contribution in [0, 0.1) is 6.92 Å². The second-order valence-corrected chi connectivity index (χ2v) is 8.18. The van der Waals surface area contributed by atoms with Gasteiger partial charge in [0, 0.05) is 12.3 Å². The van der Waals surface area contributed by atoms with Crippen LogP contribution in [0.2, 0.25) is 0 Å². The van der Waals surface area contributed by atoms with Gasteiger partial charge in [0.1, 0.15) is 11.5 Å². The molecule has 4 rings (SSSR count). The van der Waals surface area contributed by atoms with Gasteiger partial charge >= 0.3 is 0 Å². The Morgan fingerprint density at radius 3 is 2.81 bits per heavy atom. The molecule has 0 saturated carbocycles. The number of hydrogen-bond acceptors (Lipinski definition) is 7. The molecule has 8 nitrogen and oxygen atoms in total. The normalized spacial score (nSPS) is 15.9. The second-order valence-electron chi connectivity index (χ2n) is 7.24. The first-order chi connectivity index (χ1) is 15.1. The minimum atomic E-state index is -0.109. The summed E-state index contributed by atoms with van der Waals surface area (Å²) in [6.07, 6.45) is 3.83. The molecule has 0 unspecified atom stereocenters. The van der Waals surface area contributed by atoms with Gasteiger partial charge in [-0.15, -0.1) is 10.2 Å². The van der Waals surface area contributed by atoms with Crippen LogP contribution in [-0.4, -0.2) is 45.7 Å². The maximum atomic E-state index is 12.5. The number of carbonyl (C=O) groups excluding carboxylic acids is 1. The van der Waals surface area contributed by atoms with E-state index < -0.39 is 0 Å². The highest BCUT2D eigenvalue weighted by Gasteiger charge is 2.23. The van der Waals surface area contributed by atoms with E-state index in [0.29, 0.717) is 18.3 Å². The van der Waals surface area contributed by atoms with E-state index in [4.69, 9.17) is 13.9 Å². The largest absolute Gasteiger partial charge is 0.494 e. The Balaban J connectivity index is 1.44. The molecule has 0 bridgehead atoms. The first-order valence-electron chi connectivity index (χ1n) is 10.4. The molecule has 0 spiro atoms. The SMILES string of the molecule is CCOc1ccc(NC(=O)CSc2nnc(-c3ccoc3C)n2C[C@@H]2CCCO2)cc1. The molecule has 1 aliphatic rings. The summed E-state index contributed by atoms with van der Waals surface area (Å²) in [5.74, 6) is 2.41. The van der Waals surface area contributed by atoms with Crippen LogP contribution in [0.15, 0.2) is 46.2 Å². The molecule has 3 aromatic rings. The molecule has 1 amide bonds. The lowest BCUT2D eigenvalue weighted by atomic mass is 10.2. The van der Waals surface area contributed by atoms with Crippen molar-refractivity contribution < 1.29 is 18.7 Å². The number of nitrogens with zero attached hydrogens (tertiary/aromatic N) is 3. The number of aryl methyl sites for hydroxylation is 1. The summed E-state index contributed by atoms with van der Waals surface area (Å²) < 4.78 is 18.7. The Morgan fingerprint density at radius 1 is 1.29 bits per heavy atom. The van der Waals surface area contributed by atoms with E-state index in [9.17, 15) is 4.79 Å². The lowest BCUT2D eigenvalue weighted by molar-refractivity contribution is -0.113. The highest BCUT2D eigenvalue weighted by Crippen LogP contribution is 2.29. The van der Waals surface area contributed by atoms with Gasteiger partial charge in [-0.1, -0.05) is 11.8 Å². The van der Waals surface area contributed by atoms with E-state index in [1.807, 2.05) is 48.7 Å². The van der Waals surface area contributed by atoms with Gasteiger partial charge in [0.15, 0.2) is 11.0 Å². The predicted molar refractivity (Wildman–Crippen MR) is 118 cm³/mol. The van der Waals surface area contributed by atoms with Crippen molar-refractivity contribution >= 4 is 23.4 Å². The lowest BCUT2D eigenvalue weighted by Crippen LogP contribution is -2.18. The number of amides is 1. The summed E-state index contributed by atoms with van der Waals surface area (Å²) in [6.45, 7) is 5.87. The number of thioether (sulfide) groups is 1. The summed E-state index contributed by atoms with van der Waals surface area (Å²) >= 11 is 1.36. The third-order valence-corrected chi connectivity index (χ3v) is 5.97. The summed E-state index contributed by atoms with van der Waals surface area (Å²) in [7, 11) is 0. The van der Waals surface area contributed by atoms with Crippen molar-refractivity contribution in [1.82, 2.24) is 14.8 Å². The molecule has 3 heterocycles. The highest BCUT2D eigenvalue weighted by molar-refractivity contribution is 7.99. The van der Waals surface area contributed by atoms with Crippen LogP contribution >= 0.6 is 11.8 Å². The average Bonchev–Trinajstić information content (AvgIpc) is 3.51. The predicted octanol–water partition coefficient (Wildman–Crippen LogP) is 4.16. The maximum absolute atomic E-state index is 12.5. The number of rotatable bonds is 9. The van der Waals surface area contributed by atoms with Crippen LogP contribution in [0.3, 0.4) is 0 Å². The minimum Gasteiger partial charge on any atom is -0.494 e. The van der Waals surface area contributed by atoms with Crippen molar-refractivity contribution in [2.24, 2.45) is 0 Å². The zero-order valence-electron chi connectivity index (χ0n) is 17.7. The number of nitrogens with one attached hydrogen (secondary N) is 1. The summed E-state index contributed by atoms with van der Waals surface area (Å²) in [5.41, 5.74) is 1.63. The van der Waals surface area contributed by atoms with Crippen LogP contribution in [0.1, 0.15) is 25.5 Å². The van der Waals surface area contributed by atoms with Crippen molar-refractivity contribution in [3.8, 4) is 17.1 Å². The molecule has 0 radical (unpaired) electrons. The standard InChI is InChI=1S/C22H26N4O4S/c1-3-28-17-8-6-16(7-9-17)23-20(27)14-31-22-25-24-21(19-10-12-29-15(19)2)26(22)13-18-5-4-11-30-18/h6-10,12,18H,3-5,11,13-14H2,1-2H3,(H,23,27)/t18-/m0/s1. The molecular weight excluding hydrogens is 416 g/mol. The van der Waals surface area contributed by atoms with Crippen LogP contribution in [0.5, 0.6) is 5.75 Å². The molecule has 1 aromatic carbocycles. The fourth-order valence-corrected chi connectivity index (χ4v) is 4.24. The summed E-state index contributed by atoms with van der Waals surface area (Å²) in [5, 5.41) is 12.3. The van der Waals surface area contributed by atoms with Gasteiger partial charge in [-0.05, 0) is 57.0 Å². The van der Waals surface area contributed by atoms with E-state index in [2.05, 4.69) is 15.5 Å². The smallest absolute Gasteiger partial charge is 0.234 e. The topological polar surface area (TPSA) is 91.4 Å². The van der Waals surface area contributed by atoms with Gasteiger partial charge in [0.05, 0.1) is 36.8 Å². The molecule has 2 aromatic heterocycles. The van der Waals surface area contributed by atoms with Crippen molar-refractivity contribution in [1.29, 1.82) is 0 Å². The van der Waals surface area contributed by atoms with Gasteiger partial charge in [-0.3, -0.25) is 9.36 Å². The van der Waals surface area contributed by atoms with Gasteiger partial charge < -0.3 is 19.2 Å². The van der Waals surface area contributed by atoms with E-state index in [-0.39, 0.29) is 17.8 Å². The fourth-order valence-electron chi connectivity index (χ4n) is 3.50. The molecule has 9 heteroatoms. The van der Waals surface area contributed by atoms with Crippen LogP contribution in [0.4, 0.5) is 5.69 Å². The summed E-state index contributed by atoms with van der Waals surface area (Å²) in [4.78, 5) is 12.5. The number of ether oxygens (including phenoxy) is 2. The second kappa shape index (κ2) is 10.0. The molecule has 1 aliphatic heterocycles. The molecule has 31 heavy (non-hydrogen) atoms. The van der Waals surface area contributed by atoms with Crippen molar-refractivity contribution in [2.75, 3.05) is 24.3 Å². The molecular formula is C22H26N4O4S. The molecule has 0 aliphatic carbocycles. The van der Waals surface area contributed by atoms with Gasteiger partial charge in [-0.25, -0.2) is 0 Å². The maximum Gasteiger partial charge on any atom is 0.234 e. The first kappa shape index (κ1) is 21.5. The van der Waals surface area contributed by atoms with Crippen LogP contribution in [0.25, 0.3) is 11.4 Å². The number of hydrogen-bond donors (Lipinski definition) is 1. The van der Waals surface area contributed by atoms with Crippen molar-refractivity contribution in [2.45, 2.75) is 44.5 Å². The zero-order valence-corrected chi connectivity index (χ0v) is 18.5. The third kappa shape index (κ3) is 5.29. The quantitative estimate of drug-likeness (QED) is 0.498. The molecule has 164 valence electrons. The zero-order chi connectivity index (χ0) is 21.6. The number of carbonyl (C=O) groups is 1. The van der Waals surface area contributed by atoms with Crippen LogP contribution in [-0.2, 0) is 16.1 Å². The highest BCUT2D eigenvalue weighted by atomic mass is 32.2. The number of benzene rings is 1. The lowest BCUT2D eigenvalue weighted by Gasteiger charge is -2.14. The van der Waals surface area contributed by atoms with E-state index in [1.54, 1.807) is 6.26 Å². The van der Waals surface area contributed by atoms with Gasteiger partial charge in [0.2, 0.25) is 5.91 Å². The van der Waals surface area contributed by atoms with Crippen molar-refractivity contribution in [3.05, 3.63) is 42.4 Å². The number of anilines is 1. The van der Waals surface area contributed by atoms with Crippen LogP contribution < -0.4 is 10.1 Å². The van der Waals surface area contributed by atoms with Gasteiger partial charge in [0.25, 0.3) is 0 Å². The Labute approximate surface area is 185 Å². The molecule has 1 N–H and O–H groups in total. The third-order valence-electron chi connectivity index (χ3n) is 5.01. The first-order valence-corrected chi connectivity index (χ1v) is 11.4. The number of aromatic nitrogens is 3. The summed E-state index contributed by atoms with van der Waals surface area (Å²) in [6, 6.07) is 9.22. The average molecular weight is 443 g/mol. The molecule has 1 fully saturated rings. The fraction of sp³-hybridized carbons (Fsp3) is 0.409. The van der Waals surface area contributed by atoms with E-state index >= 15 is 0 Å². The monoisotopic (exact) mass is 442 g/mol. The Morgan fingerprint density at radius 2 is 2.13 bits per heavy atom.